The number of hydrogen-bond donors (Lipinski definition) is 0. The molecule has 0 N–H and O–H groups in total. The highest BCUT2D eigenvalue weighted by molar-refractivity contribution is 7.73. The van der Waals surface area contributed by atoms with E-state index in [-0.39, 0.29) is 7.43 Å². The maximum atomic E-state index is 4.24. The van der Waals surface area contributed by atoms with Crippen LogP contribution in [0.4, 0.5) is 0 Å². The Morgan fingerprint density at radius 2 is 0.571 bits per heavy atom. The molecule has 0 aliphatic rings. The zero-order chi connectivity index (χ0) is 26.6. The monoisotopic (exact) mass is 502 g/mol. The van der Waals surface area contributed by atoms with Crippen molar-refractivity contribution in [2.24, 2.45) is 0 Å². The van der Waals surface area contributed by atoms with E-state index in [1.165, 1.54) is 51.9 Å². The summed E-state index contributed by atoms with van der Waals surface area (Å²) in [4.78, 5) is 0. The molecule has 2 aromatic carbocycles. The molecule has 0 aliphatic heterocycles. The van der Waals surface area contributed by atoms with Crippen molar-refractivity contribution >= 4 is 13.2 Å². The molecule has 0 spiro atoms. The molecule has 0 amide bonds. The van der Waals surface area contributed by atoms with E-state index in [1.54, 1.807) is 0 Å². The smallest absolute Gasteiger partial charge is 0.0307 e. The van der Waals surface area contributed by atoms with Crippen LogP contribution in [0.2, 0.25) is 0 Å². The van der Waals surface area contributed by atoms with Crippen molar-refractivity contribution < 1.29 is 0 Å². The van der Waals surface area contributed by atoms with Crippen LogP contribution in [0, 0.1) is 0 Å². The predicted molar refractivity (Wildman–Crippen MR) is 173 cm³/mol. The second-order valence-corrected chi connectivity index (χ2v) is 13.3. The Morgan fingerprint density at radius 1 is 0.429 bits per heavy atom. The molecule has 2 rings (SSSR count). The Balaban J connectivity index is -0.000000427. The lowest BCUT2D eigenvalue weighted by molar-refractivity contribution is 1.04. The van der Waals surface area contributed by atoms with Gasteiger partial charge in [0, 0.05) is 0 Å². The molecule has 0 saturated carbocycles. The molecule has 0 nitrogen and oxygen atoms in total. The summed E-state index contributed by atoms with van der Waals surface area (Å²) in [5.74, 6) is 0. The number of hydrogen-bond acceptors (Lipinski definition) is 0. The van der Waals surface area contributed by atoms with Crippen molar-refractivity contribution in [1.29, 1.82) is 0 Å². The highest BCUT2D eigenvalue weighted by Crippen LogP contribution is 2.42. The van der Waals surface area contributed by atoms with Gasteiger partial charge in [-0.15, -0.1) is 13.2 Å². The van der Waals surface area contributed by atoms with Crippen LogP contribution in [-0.4, -0.2) is 24.8 Å². The SMILES string of the molecule is C.C=P(CC)(CC)CC.CC.CCc1cc(CC)cc(CC)c1.CCc1cc(CC)cc(CC)c1. The number of rotatable bonds is 9. The van der Waals surface area contributed by atoms with Gasteiger partial charge in [0.1, 0.15) is 0 Å². The van der Waals surface area contributed by atoms with Gasteiger partial charge in [0.05, 0.1) is 0 Å². The standard InChI is InChI=1S/2C12H18.C7H17P.C2H6.CH4/c2*1-4-10-7-11(5-2)9-12(6-3)8-10;1-5-8(4,6-2)7-3;1-2;/h2*7-9H,4-6H2,1-3H3;4-7H2,1-3H3;1-2H3;1H4. The first-order valence-electron chi connectivity index (χ1n) is 14.2. The molecule has 1 heteroatoms. The Kier molecular flexibility index (Phi) is 25.3. The third-order valence-electron chi connectivity index (χ3n) is 6.69. The molecular weight excluding hydrogens is 439 g/mol. The van der Waals surface area contributed by atoms with Gasteiger partial charge in [-0.05, 0) is 90.4 Å². The Hall–Kier alpha value is -1.26. The average molecular weight is 503 g/mol. The van der Waals surface area contributed by atoms with E-state index in [4.69, 9.17) is 0 Å². The van der Waals surface area contributed by atoms with E-state index in [1.807, 2.05) is 13.8 Å². The third-order valence-corrected chi connectivity index (χ3v) is 10.7. The highest BCUT2D eigenvalue weighted by Gasteiger charge is 2.03. The van der Waals surface area contributed by atoms with E-state index in [2.05, 4.69) is 105 Å². The zero-order valence-corrected chi connectivity index (χ0v) is 25.9. The minimum atomic E-state index is -0.662. The molecule has 0 radical (unpaired) electrons. The van der Waals surface area contributed by atoms with Gasteiger partial charge in [-0.2, -0.15) is 0 Å². The third kappa shape index (κ3) is 16.2. The van der Waals surface area contributed by atoms with Crippen LogP contribution in [0.5, 0.6) is 0 Å². The molecule has 0 aromatic heterocycles. The quantitative estimate of drug-likeness (QED) is 0.299. The van der Waals surface area contributed by atoms with Crippen molar-refractivity contribution in [2.75, 3.05) is 18.5 Å². The Labute approximate surface area is 223 Å². The van der Waals surface area contributed by atoms with E-state index < -0.39 is 6.89 Å². The molecule has 2 aromatic rings. The largest absolute Gasteiger partial charge is 0.113 e. The zero-order valence-electron chi connectivity index (χ0n) is 25.0. The molecule has 35 heavy (non-hydrogen) atoms. The van der Waals surface area contributed by atoms with Gasteiger partial charge >= 0.3 is 0 Å². The maximum Gasteiger partial charge on any atom is -0.0307 e. The molecule has 0 bridgehead atoms. The summed E-state index contributed by atoms with van der Waals surface area (Å²) in [7, 11) is 0. The number of aryl methyl sites for hydroxylation is 6. The molecule has 0 heterocycles. The first kappa shape index (κ1) is 38.3. The van der Waals surface area contributed by atoms with E-state index in [0.717, 1.165) is 38.5 Å². The topological polar surface area (TPSA) is 0 Å². The van der Waals surface area contributed by atoms with Crippen molar-refractivity contribution in [3.8, 4) is 0 Å². The van der Waals surface area contributed by atoms with E-state index in [9.17, 15) is 0 Å². The maximum absolute atomic E-state index is 4.24. The van der Waals surface area contributed by atoms with Crippen molar-refractivity contribution in [1.82, 2.24) is 0 Å². The summed E-state index contributed by atoms with van der Waals surface area (Å²) in [6.45, 7) is 23.4. The van der Waals surface area contributed by atoms with Crippen LogP contribution >= 0.6 is 6.89 Å². The average Bonchev–Trinajstić information content (AvgIpc) is 2.93. The van der Waals surface area contributed by atoms with Gasteiger partial charge in [0.25, 0.3) is 0 Å². The van der Waals surface area contributed by atoms with Crippen LogP contribution in [0.15, 0.2) is 36.4 Å². The first-order valence-corrected chi connectivity index (χ1v) is 16.7. The molecule has 0 atom stereocenters. The summed E-state index contributed by atoms with van der Waals surface area (Å²) >= 11 is 0. The normalized spacial score (nSPS) is 9.91. The predicted octanol–water partition coefficient (Wildman–Crippen LogP) is 10.9. The van der Waals surface area contributed by atoms with Gasteiger partial charge in [0.2, 0.25) is 0 Å². The summed E-state index contributed by atoms with van der Waals surface area (Å²) in [6.07, 6.45) is 15.1. The fraction of sp³-hybridized carbons (Fsp3) is 0.618. The van der Waals surface area contributed by atoms with E-state index in [0.29, 0.717) is 0 Å². The summed E-state index contributed by atoms with van der Waals surface area (Å²) in [6, 6.07) is 13.9. The first-order chi connectivity index (χ1) is 16.3. The van der Waals surface area contributed by atoms with Crippen LogP contribution in [0.25, 0.3) is 0 Å². The second kappa shape index (κ2) is 23.2. The summed E-state index contributed by atoms with van der Waals surface area (Å²) in [5.41, 5.74) is 8.87. The lowest BCUT2D eigenvalue weighted by atomic mass is 10.0. The molecule has 0 aliphatic carbocycles. The molecule has 0 unspecified atom stereocenters. The van der Waals surface area contributed by atoms with Crippen LogP contribution < -0.4 is 0 Å². The molecule has 204 valence electrons. The Bertz CT molecular complexity index is 615. The van der Waals surface area contributed by atoms with Crippen molar-refractivity contribution in [3.63, 3.8) is 0 Å². The summed E-state index contributed by atoms with van der Waals surface area (Å²) < 4.78 is 0. The number of benzene rings is 2. The minimum absolute atomic E-state index is 0. The second-order valence-electron chi connectivity index (χ2n) is 8.73. The fourth-order valence-corrected chi connectivity index (χ4v) is 4.92. The van der Waals surface area contributed by atoms with Gasteiger partial charge in [-0.25, -0.2) is 0 Å². The van der Waals surface area contributed by atoms with Gasteiger partial charge in [0.15, 0.2) is 0 Å². The molecule has 0 saturated heterocycles. The molecular formula is C34H63P. The fourth-order valence-electron chi connectivity index (χ4n) is 3.57. The van der Waals surface area contributed by atoms with Gasteiger partial charge in [-0.3, -0.25) is 0 Å². The lowest BCUT2D eigenvalue weighted by Gasteiger charge is -2.17. The Morgan fingerprint density at radius 3 is 0.629 bits per heavy atom. The van der Waals surface area contributed by atoms with E-state index >= 15 is 0 Å². The van der Waals surface area contributed by atoms with Gasteiger partial charge < -0.3 is 0 Å². The van der Waals surface area contributed by atoms with Crippen LogP contribution in [-0.2, 0) is 38.5 Å². The minimum Gasteiger partial charge on any atom is -0.113 e. The van der Waals surface area contributed by atoms with Crippen LogP contribution in [0.1, 0.15) is 117 Å². The van der Waals surface area contributed by atoms with Crippen LogP contribution in [0.3, 0.4) is 0 Å². The van der Waals surface area contributed by atoms with Crippen molar-refractivity contribution in [2.45, 2.75) is 122 Å². The lowest BCUT2D eigenvalue weighted by Crippen LogP contribution is -1.91. The molecule has 0 fully saturated rings. The van der Waals surface area contributed by atoms with Gasteiger partial charge in [-0.1, -0.05) is 120 Å². The summed E-state index contributed by atoms with van der Waals surface area (Å²) in [5, 5.41) is 0. The van der Waals surface area contributed by atoms with Crippen molar-refractivity contribution in [3.05, 3.63) is 69.8 Å². The highest BCUT2D eigenvalue weighted by atomic mass is 31.2.